The number of fused-ring (bicyclic) bond motifs is 1. The van der Waals surface area contributed by atoms with Crippen LogP contribution in [0.4, 0.5) is 5.69 Å². The molecule has 1 amide bonds. The van der Waals surface area contributed by atoms with Crippen molar-refractivity contribution in [3.05, 3.63) is 54.2 Å². The SMILES string of the molecule is COc1ccccc1S(=O)(=O)Nc1cccc2cc(C3=NCC(CC(=O)N(C)OC)S3)[nH]c12. The van der Waals surface area contributed by atoms with Crippen molar-refractivity contribution in [1.29, 1.82) is 0 Å². The number of thioether (sulfide) groups is 1. The zero-order valence-corrected chi connectivity index (χ0v) is 20.0. The number of methoxy groups -OCH3 is 1. The van der Waals surface area contributed by atoms with Crippen LogP contribution in [0.3, 0.4) is 0 Å². The third kappa shape index (κ3) is 4.85. The number of sulfonamides is 1. The zero-order chi connectivity index (χ0) is 23.6. The van der Waals surface area contributed by atoms with Crippen LogP contribution < -0.4 is 9.46 Å². The second kappa shape index (κ2) is 9.46. The molecule has 4 rings (SSSR count). The van der Waals surface area contributed by atoms with Gasteiger partial charge in [-0.25, -0.2) is 13.5 Å². The largest absolute Gasteiger partial charge is 0.495 e. The van der Waals surface area contributed by atoms with Crippen LogP contribution in [0.5, 0.6) is 5.75 Å². The van der Waals surface area contributed by atoms with Gasteiger partial charge in [0.2, 0.25) is 5.91 Å². The maximum Gasteiger partial charge on any atom is 0.265 e. The number of aromatic amines is 1. The molecule has 3 aromatic rings. The molecule has 2 heterocycles. The third-order valence-corrected chi connectivity index (χ3v) is 7.86. The standard InChI is InChI=1S/C22H24N4O5S2/c1-26(31-3)20(27)12-15-13-23-22(32-15)17-11-14-7-6-8-16(21(14)24-17)25-33(28,29)19-10-5-4-9-18(19)30-2/h4-11,15,24-25H,12-13H2,1-3H3. The Labute approximate surface area is 196 Å². The summed E-state index contributed by atoms with van der Waals surface area (Å²) in [5, 5.41) is 2.84. The van der Waals surface area contributed by atoms with Crippen molar-refractivity contribution in [3.8, 4) is 5.75 Å². The lowest BCUT2D eigenvalue weighted by atomic mass is 10.2. The highest BCUT2D eigenvalue weighted by Gasteiger charge is 2.26. The first-order valence-corrected chi connectivity index (χ1v) is 12.5. The van der Waals surface area contributed by atoms with E-state index in [9.17, 15) is 13.2 Å². The summed E-state index contributed by atoms with van der Waals surface area (Å²) >= 11 is 1.52. The van der Waals surface area contributed by atoms with Crippen molar-refractivity contribution < 1.29 is 22.8 Å². The van der Waals surface area contributed by atoms with Gasteiger partial charge in [-0.15, -0.1) is 0 Å². The number of aliphatic imine (C=N–C) groups is 1. The highest BCUT2D eigenvalue weighted by Crippen LogP contribution is 2.33. The Kier molecular flexibility index (Phi) is 6.63. The zero-order valence-electron chi connectivity index (χ0n) is 18.4. The van der Waals surface area contributed by atoms with Crippen LogP contribution >= 0.6 is 11.8 Å². The molecular formula is C22H24N4O5S2. The van der Waals surface area contributed by atoms with Crippen LogP contribution in [0.25, 0.3) is 10.9 Å². The predicted molar refractivity (Wildman–Crippen MR) is 129 cm³/mol. The van der Waals surface area contributed by atoms with Crippen LogP contribution in [-0.2, 0) is 19.7 Å². The van der Waals surface area contributed by atoms with Crippen molar-refractivity contribution in [3.63, 3.8) is 0 Å². The van der Waals surface area contributed by atoms with Gasteiger partial charge >= 0.3 is 0 Å². The summed E-state index contributed by atoms with van der Waals surface area (Å²) in [7, 11) is 0.585. The summed E-state index contributed by atoms with van der Waals surface area (Å²) in [6.45, 7) is 0.520. The topological polar surface area (TPSA) is 113 Å². The maximum atomic E-state index is 13.0. The van der Waals surface area contributed by atoms with Gasteiger partial charge in [0.25, 0.3) is 10.0 Å². The molecule has 0 spiro atoms. The minimum atomic E-state index is -3.87. The third-order valence-electron chi connectivity index (χ3n) is 5.23. The fraction of sp³-hybridized carbons (Fsp3) is 0.273. The van der Waals surface area contributed by atoms with Gasteiger partial charge in [0, 0.05) is 24.1 Å². The monoisotopic (exact) mass is 488 g/mol. The summed E-state index contributed by atoms with van der Waals surface area (Å²) in [5.41, 5.74) is 1.84. The number of hydrogen-bond donors (Lipinski definition) is 2. The van der Waals surface area contributed by atoms with Crippen LogP contribution in [-0.4, -0.2) is 62.5 Å². The molecule has 0 saturated heterocycles. The number of anilines is 1. The molecule has 1 unspecified atom stereocenters. The molecule has 11 heteroatoms. The number of nitrogens with one attached hydrogen (secondary N) is 2. The lowest BCUT2D eigenvalue weighted by molar-refractivity contribution is -0.168. The molecule has 2 N–H and O–H groups in total. The number of para-hydroxylation sites is 2. The molecule has 0 saturated carbocycles. The number of benzene rings is 2. The van der Waals surface area contributed by atoms with E-state index in [4.69, 9.17) is 9.57 Å². The molecule has 0 aliphatic carbocycles. The van der Waals surface area contributed by atoms with Gasteiger partial charge in [-0.05, 0) is 24.3 Å². The van der Waals surface area contributed by atoms with E-state index in [0.29, 0.717) is 24.2 Å². The smallest absolute Gasteiger partial charge is 0.265 e. The fourth-order valence-electron chi connectivity index (χ4n) is 3.49. The van der Waals surface area contributed by atoms with Crippen molar-refractivity contribution in [2.24, 2.45) is 4.99 Å². The molecule has 0 radical (unpaired) electrons. The van der Waals surface area contributed by atoms with Gasteiger partial charge in [-0.1, -0.05) is 36.0 Å². The molecular weight excluding hydrogens is 464 g/mol. The lowest BCUT2D eigenvalue weighted by Gasteiger charge is -2.15. The van der Waals surface area contributed by atoms with E-state index in [-0.39, 0.29) is 21.8 Å². The minimum absolute atomic E-state index is 0.0139. The molecule has 1 aliphatic rings. The van der Waals surface area contributed by atoms with Gasteiger partial charge in [0.1, 0.15) is 15.7 Å². The van der Waals surface area contributed by atoms with Crippen molar-refractivity contribution in [2.45, 2.75) is 16.6 Å². The summed E-state index contributed by atoms with van der Waals surface area (Å²) in [5.74, 6) is 0.150. The number of H-pyrrole nitrogens is 1. The van der Waals surface area contributed by atoms with Crippen LogP contribution in [0, 0.1) is 0 Å². The van der Waals surface area contributed by atoms with Gasteiger partial charge in [0.15, 0.2) is 0 Å². The first-order chi connectivity index (χ1) is 15.8. The first kappa shape index (κ1) is 23.1. The molecule has 1 aliphatic heterocycles. The van der Waals surface area contributed by atoms with Crippen molar-refractivity contribution >= 4 is 49.3 Å². The molecule has 9 nitrogen and oxygen atoms in total. The summed E-state index contributed by atoms with van der Waals surface area (Å²) < 4.78 is 33.9. The van der Waals surface area contributed by atoms with Crippen LogP contribution in [0.1, 0.15) is 12.1 Å². The fourth-order valence-corrected chi connectivity index (χ4v) is 5.81. The van der Waals surface area contributed by atoms with Crippen LogP contribution in [0.2, 0.25) is 0 Å². The Morgan fingerprint density at radius 1 is 1.24 bits per heavy atom. The molecule has 0 fully saturated rings. The van der Waals surface area contributed by atoms with E-state index >= 15 is 0 Å². The minimum Gasteiger partial charge on any atom is -0.495 e. The molecule has 1 atom stereocenters. The maximum absolute atomic E-state index is 13.0. The highest BCUT2D eigenvalue weighted by molar-refractivity contribution is 8.15. The average Bonchev–Trinajstić information content (AvgIpc) is 3.45. The predicted octanol–water partition coefficient (Wildman–Crippen LogP) is 3.25. The van der Waals surface area contributed by atoms with E-state index < -0.39 is 10.0 Å². The molecule has 33 heavy (non-hydrogen) atoms. The highest BCUT2D eigenvalue weighted by atomic mass is 32.2. The molecule has 0 bridgehead atoms. The number of hydrogen-bond acceptors (Lipinski definition) is 7. The van der Waals surface area contributed by atoms with Crippen molar-refractivity contribution in [1.82, 2.24) is 10.0 Å². The summed E-state index contributed by atoms with van der Waals surface area (Å²) in [6.07, 6.45) is 0.312. The number of hydroxylamine groups is 2. The quantitative estimate of drug-likeness (QED) is 0.471. The normalized spacial score (nSPS) is 16.0. The summed E-state index contributed by atoms with van der Waals surface area (Å²) in [6, 6.07) is 13.7. The molecule has 2 aromatic carbocycles. The van der Waals surface area contributed by atoms with Crippen molar-refractivity contribution in [2.75, 3.05) is 32.5 Å². The lowest BCUT2D eigenvalue weighted by Crippen LogP contribution is -2.28. The van der Waals surface area contributed by atoms with E-state index in [0.717, 1.165) is 16.1 Å². The number of aromatic nitrogens is 1. The number of carbonyl (C=O) groups excluding carboxylic acids is 1. The van der Waals surface area contributed by atoms with E-state index in [1.807, 2.05) is 12.1 Å². The molecule has 174 valence electrons. The van der Waals surface area contributed by atoms with E-state index in [1.54, 1.807) is 37.4 Å². The Morgan fingerprint density at radius 3 is 2.79 bits per heavy atom. The average molecular weight is 489 g/mol. The second-order valence-electron chi connectivity index (χ2n) is 7.37. The number of ether oxygens (including phenoxy) is 1. The number of carbonyl (C=O) groups is 1. The number of rotatable bonds is 8. The Hall–Kier alpha value is -3.02. The van der Waals surface area contributed by atoms with E-state index in [2.05, 4.69) is 14.7 Å². The van der Waals surface area contributed by atoms with Gasteiger partial charge in [-0.3, -0.25) is 19.3 Å². The number of nitrogens with zero attached hydrogens (tertiary/aromatic N) is 2. The second-order valence-corrected chi connectivity index (χ2v) is 10.3. The first-order valence-electron chi connectivity index (χ1n) is 10.1. The van der Waals surface area contributed by atoms with Gasteiger partial charge in [0.05, 0.1) is 37.7 Å². The Bertz CT molecular complexity index is 1320. The Balaban J connectivity index is 1.56. The summed E-state index contributed by atoms with van der Waals surface area (Å²) in [4.78, 5) is 25.0. The Morgan fingerprint density at radius 2 is 2.03 bits per heavy atom. The molecule has 1 aromatic heterocycles. The van der Waals surface area contributed by atoms with Crippen LogP contribution in [0.15, 0.2) is 58.4 Å². The van der Waals surface area contributed by atoms with E-state index in [1.165, 1.54) is 37.1 Å². The van der Waals surface area contributed by atoms with Gasteiger partial charge in [-0.2, -0.15) is 0 Å². The van der Waals surface area contributed by atoms with Gasteiger partial charge < -0.3 is 9.72 Å². The number of amides is 1.